The summed E-state index contributed by atoms with van der Waals surface area (Å²) in [7, 11) is 1.54. The van der Waals surface area contributed by atoms with Crippen molar-refractivity contribution in [3.8, 4) is 17.2 Å². The molecule has 0 radical (unpaired) electrons. The predicted octanol–water partition coefficient (Wildman–Crippen LogP) is 4.13. The van der Waals surface area contributed by atoms with Gasteiger partial charge in [0.05, 0.1) is 31.7 Å². The number of ether oxygens (including phenoxy) is 3. The molecule has 9 nitrogen and oxygen atoms in total. The number of aliphatic hydroxyl groups excluding tert-OH is 1. The van der Waals surface area contributed by atoms with Crippen molar-refractivity contribution < 1.29 is 28.9 Å². The van der Waals surface area contributed by atoms with Gasteiger partial charge in [-0.3, -0.25) is 9.59 Å². The van der Waals surface area contributed by atoms with Crippen LogP contribution in [0.25, 0.3) is 5.76 Å². The second kappa shape index (κ2) is 10.6. The van der Waals surface area contributed by atoms with Crippen LogP contribution in [0, 0.1) is 0 Å². The van der Waals surface area contributed by atoms with E-state index in [-0.39, 0.29) is 17.4 Å². The Balaban J connectivity index is 1.56. The highest BCUT2D eigenvalue weighted by molar-refractivity contribution is 6.46. The van der Waals surface area contributed by atoms with Gasteiger partial charge in [0.25, 0.3) is 11.7 Å². The number of rotatable bonds is 9. The summed E-state index contributed by atoms with van der Waals surface area (Å²) in [5.41, 5.74) is 2.12. The van der Waals surface area contributed by atoms with Crippen LogP contribution in [0.15, 0.2) is 60.7 Å². The highest BCUT2D eigenvalue weighted by Gasteiger charge is 2.46. The molecule has 0 bridgehead atoms. The smallest absolute Gasteiger partial charge is 0.295 e. The number of amides is 1. The first-order chi connectivity index (χ1) is 18.4. The quantitative estimate of drug-likeness (QED) is 0.259. The Hall–Kier alpha value is -4.27. The summed E-state index contributed by atoms with van der Waals surface area (Å²) in [5, 5.41) is 11.5. The van der Waals surface area contributed by atoms with E-state index in [1.165, 1.54) is 12.0 Å². The number of ketones is 1. The Kier molecular flexibility index (Phi) is 7.09. The molecule has 3 aromatic rings. The van der Waals surface area contributed by atoms with Crippen LogP contribution in [0.3, 0.4) is 0 Å². The fourth-order valence-corrected chi connectivity index (χ4v) is 5.15. The van der Waals surface area contributed by atoms with Crippen molar-refractivity contribution in [1.82, 2.24) is 14.5 Å². The minimum atomic E-state index is -0.786. The minimum Gasteiger partial charge on any atom is -0.507 e. The van der Waals surface area contributed by atoms with Gasteiger partial charge in [0.1, 0.15) is 17.6 Å². The number of methoxy groups -OCH3 is 1. The van der Waals surface area contributed by atoms with Gasteiger partial charge in [0.2, 0.25) is 0 Å². The molecule has 2 atom stereocenters. The van der Waals surface area contributed by atoms with Crippen LogP contribution >= 0.6 is 0 Å². The lowest BCUT2D eigenvalue weighted by Crippen LogP contribution is -2.31. The molecule has 1 fully saturated rings. The van der Waals surface area contributed by atoms with Crippen LogP contribution in [0.5, 0.6) is 17.2 Å². The number of aromatic nitrogens is 2. The fraction of sp³-hybridized carbons (Fsp3) is 0.345. The first-order valence-electron chi connectivity index (χ1n) is 12.8. The standard InChI is InChI=1S/C29H31N3O6/c1-4-37-23-9-6-19(16-24(23)36-3)26-25(27(33)20-7-8-22-21(15-20)14-18(2)38-22)28(34)29(35)32(26)12-5-11-31-13-10-30-17-31/h6-10,13,15-18,26,33H,4-5,11-12,14H2,1-3H3/t18-,26+/m0/s1. The van der Waals surface area contributed by atoms with Gasteiger partial charge in [0.15, 0.2) is 11.5 Å². The summed E-state index contributed by atoms with van der Waals surface area (Å²) >= 11 is 0. The molecule has 1 amide bonds. The number of carbonyl (C=O) groups is 2. The van der Waals surface area contributed by atoms with E-state index < -0.39 is 17.7 Å². The molecule has 1 N–H and O–H groups in total. The number of carbonyl (C=O) groups excluding carboxylic acids is 2. The number of aryl methyl sites for hydroxylation is 1. The van der Waals surface area contributed by atoms with E-state index in [2.05, 4.69) is 4.98 Å². The zero-order valence-corrected chi connectivity index (χ0v) is 21.7. The normalized spacial score (nSPS) is 19.9. The number of aliphatic hydroxyl groups is 1. The molecule has 0 saturated carbocycles. The van der Waals surface area contributed by atoms with Crippen LogP contribution in [-0.2, 0) is 22.6 Å². The third kappa shape index (κ3) is 4.71. The summed E-state index contributed by atoms with van der Waals surface area (Å²) in [6, 6.07) is 9.88. The molecule has 5 rings (SSSR count). The third-order valence-electron chi connectivity index (χ3n) is 6.89. The third-order valence-corrected chi connectivity index (χ3v) is 6.89. The zero-order valence-electron chi connectivity index (χ0n) is 21.7. The lowest BCUT2D eigenvalue weighted by atomic mass is 9.94. The average molecular weight is 518 g/mol. The van der Waals surface area contributed by atoms with Crippen LogP contribution in [-0.4, -0.2) is 57.6 Å². The van der Waals surface area contributed by atoms with E-state index in [1.807, 2.05) is 30.7 Å². The molecule has 2 aromatic carbocycles. The van der Waals surface area contributed by atoms with Gasteiger partial charge in [-0.2, -0.15) is 0 Å². The Morgan fingerprint density at radius 2 is 2.00 bits per heavy atom. The SMILES string of the molecule is CCOc1ccc([C@@H]2C(=C(O)c3ccc4c(c3)C[C@H](C)O4)C(=O)C(=O)N2CCCn2ccnc2)cc1OC. The highest BCUT2D eigenvalue weighted by Crippen LogP contribution is 2.42. The molecule has 0 unspecified atom stereocenters. The molecular formula is C29H31N3O6. The monoisotopic (exact) mass is 517 g/mol. The molecule has 9 heteroatoms. The number of likely N-dealkylation sites (tertiary alicyclic amines) is 1. The zero-order chi connectivity index (χ0) is 26.8. The predicted molar refractivity (Wildman–Crippen MR) is 140 cm³/mol. The van der Waals surface area contributed by atoms with Gasteiger partial charge in [-0.1, -0.05) is 6.07 Å². The fourth-order valence-electron chi connectivity index (χ4n) is 5.15. The molecule has 0 spiro atoms. The summed E-state index contributed by atoms with van der Waals surface area (Å²) in [5.74, 6) is 0.240. The lowest BCUT2D eigenvalue weighted by molar-refractivity contribution is -0.139. The van der Waals surface area contributed by atoms with Crippen molar-refractivity contribution in [3.63, 3.8) is 0 Å². The highest BCUT2D eigenvalue weighted by atomic mass is 16.5. The minimum absolute atomic E-state index is 0.0415. The number of fused-ring (bicyclic) bond motifs is 1. The number of Topliss-reactive ketones (excluding diaryl/α,β-unsaturated/α-hetero) is 1. The van der Waals surface area contributed by atoms with E-state index >= 15 is 0 Å². The van der Waals surface area contributed by atoms with Crippen LogP contribution in [0.2, 0.25) is 0 Å². The molecular weight excluding hydrogens is 486 g/mol. The number of hydrogen-bond acceptors (Lipinski definition) is 7. The van der Waals surface area contributed by atoms with Crippen molar-refractivity contribution in [2.75, 3.05) is 20.3 Å². The van der Waals surface area contributed by atoms with Crippen molar-refractivity contribution in [3.05, 3.63) is 77.4 Å². The Morgan fingerprint density at radius 3 is 2.74 bits per heavy atom. The maximum absolute atomic E-state index is 13.4. The molecule has 1 aromatic heterocycles. The van der Waals surface area contributed by atoms with Gasteiger partial charge < -0.3 is 28.8 Å². The van der Waals surface area contributed by atoms with Crippen LogP contribution in [0.4, 0.5) is 0 Å². The van der Waals surface area contributed by atoms with E-state index in [1.54, 1.807) is 42.9 Å². The molecule has 2 aliphatic heterocycles. The molecule has 198 valence electrons. The van der Waals surface area contributed by atoms with Crippen LogP contribution in [0.1, 0.15) is 43.0 Å². The summed E-state index contributed by atoms with van der Waals surface area (Å²) < 4.78 is 18.9. The molecule has 38 heavy (non-hydrogen) atoms. The van der Waals surface area contributed by atoms with Crippen molar-refractivity contribution >= 4 is 17.4 Å². The number of nitrogens with zero attached hydrogens (tertiary/aromatic N) is 3. The second-order valence-corrected chi connectivity index (χ2v) is 9.44. The number of hydrogen-bond donors (Lipinski definition) is 1. The number of imidazole rings is 1. The van der Waals surface area contributed by atoms with Gasteiger partial charge in [0, 0.05) is 37.5 Å². The van der Waals surface area contributed by atoms with Crippen LogP contribution < -0.4 is 14.2 Å². The van der Waals surface area contributed by atoms with Gasteiger partial charge in [-0.25, -0.2) is 4.98 Å². The van der Waals surface area contributed by atoms with Crippen molar-refractivity contribution in [1.29, 1.82) is 0 Å². The Bertz CT molecular complexity index is 1380. The molecule has 3 heterocycles. The van der Waals surface area contributed by atoms with Crippen molar-refractivity contribution in [2.45, 2.75) is 45.4 Å². The second-order valence-electron chi connectivity index (χ2n) is 9.44. The summed E-state index contributed by atoms with van der Waals surface area (Å²) in [6.07, 6.45) is 6.60. The van der Waals surface area contributed by atoms with Crippen molar-refractivity contribution in [2.24, 2.45) is 0 Å². The lowest BCUT2D eigenvalue weighted by Gasteiger charge is -2.26. The Labute approximate surface area is 221 Å². The van der Waals surface area contributed by atoms with E-state index in [0.717, 1.165) is 11.3 Å². The van der Waals surface area contributed by atoms with E-state index in [0.29, 0.717) is 55.2 Å². The molecule has 2 aliphatic rings. The molecule has 1 saturated heterocycles. The Morgan fingerprint density at radius 1 is 1.16 bits per heavy atom. The van der Waals surface area contributed by atoms with Gasteiger partial charge in [-0.15, -0.1) is 0 Å². The largest absolute Gasteiger partial charge is 0.507 e. The van der Waals surface area contributed by atoms with E-state index in [4.69, 9.17) is 14.2 Å². The summed E-state index contributed by atoms with van der Waals surface area (Å²) in [4.78, 5) is 32.3. The molecule has 0 aliphatic carbocycles. The maximum Gasteiger partial charge on any atom is 0.295 e. The van der Waals surface area contributed by atoms with Gasteiger partial charge >= 0.3 is 0 Å². The van der Waals surface area contributed by atoms with E-state index in [9.17, 15) is 14.7 Å². The number of benzene rings is 2. The maximum atomic E-state index is 13.4. The average Bonchev–Trinajstić information content (AvgIpc) is 3.62. The topological polar surface area (TPSA) is 103 Å². The summed E-state index contributed by atoms with van der Waals surface area (Å²) in [6.45, 7) is 5.27. The van der Waals surface area contributed by atoms with Gasteiger partial charge in [-0.05, 0) is 61.7 Å². The first-order valence-corrected chi connectivity index (χ1v) is 12.8. The first kappa shape index (κ1) is 25.4.